The van der Waals surface area contributed by atoms with Crippen molar-refractivity contribution in [3.05, 3.63) is 60.7 Å². The van der Waals surface area contributed by atoms with Gasteiger partial charge < -0.3 is 9.38 Å². The number of benzene rings is 2. The first-order chi connectivity index (χ1) is 13.1. The van der Waals surface area contributed by atoms with E-state index in [1.165, 1.54) is 60.7 Å². The fraction of sp³-hybridized carbons (Fsp3) is 0.125. The number of hydrogen-bond donors (Lipinski definition) is 0. The van der Waals surface area contributed by atoms with Crippen LogP contribution >= 0.6 is 0 Å². The number of carbonyl (C=O) groups excluding carboxylic acids is 1. The average Bonchev–Trinajstić information content (AvgIpc) is 2.66. The smallest absolute Gasteiger partial charge is 0.511 e. The molecule has 0 saturated carbocycles. The van der Waals surface area contributed by atoms with E-state index in [-0.39, 0.29) is 15.6 Å². The molecule has 0 saturated heterocycles. The van der Waals surface area contributed by atoms with Gasteiger partial charge in [-0.3, -0.25) is 9.70 Å². The molecule has 12 heteroatoms. The summed E-state index contributed by atoms with van der Waals surface area (Å²) in [6.45, 7) is -1.87. The van der Waals surface area contributed by atoms with Gasteiger partial charge in [-0.1, -0.05) is 60.7 Å². The van der Waals surface area contributed by atoms with Gasteiger partial charge in [0.05, 0.1) is 0 Å². The normalized spacial score (nSPS) is 15.2. The molecule has 0 atom stereocenters. The zero-order chi connectivity index (χ0) is 20.5. The van der Waals surface area contributed by atoms with Gasteiger partial charge >= 0.3 is 32.3 Å². The summed E-state index contributed by atoms with van der Waals surface area (Å²) in [7, 11) is -1.96. The van der Waals surface area contributed by atoms with Crippen LogP contribution in [-0.4, -0.2) is 42.9 Å². The van der Waals surface area contributed by atoms with Gasteiger partial charge in [0.2, 0.25) is 0 Å². The third-order valence-electron chi connectivity index (χ3n) is 3.88. The molecule has 1 aliphatic rings. The minimum absolute atomic E-state index is 0.0221. The lowest BCUT2D eigenvalue weighted by Gasteiger charge is -2.37. The first kappa shape index (κ1) is 19.8. The fourth-order valence-corrected chi connectivity index (χ4v) is 2.71. The Morgan fingerprint density at radius 2 is 1.36 bits per heavy atom. The minimum Gasteiger partial charge on any atom is -0.522 e. The van der Waals surface area contributed by atoms with Gasteiger partial charge in [0.25, 0.3) is 5.90 Å². The summed E-state index contributed by atoms with van der Waals surface area (Å²) in [5.74, 6) is -4.07. The largest absolute Gasteiger partial charge is 0.522 e. The molecular formula is C16H10B2F6N2O2. The maximum Gasteiger partial charge on any atom is 0.511 e. The van der Waals surface area contributed by atoms with Gasteiger partial charge in [-0.05, 0) is 10.9 Å². The lowest BCUT2D eigenvalue weighted by molar-refractivity contribution is -0.177. The molecule has 1 heterocycles. The van der Waals surface area contributed by atoms with Crippen molar-refractivity contribution in [2.75, 3.05) is 0 Å². The second kappa shape index (κ2) is 7.25. The standard InChI is InChI=1S/C16H10B2F6N2O2/c19-15(20,21)13-25-17(11-7-3-1-4-8-11)26(14(27)16(22,23)24)18(28-13)12-9-5-2-6-10-12/h1-10H. The van der Waals surface area contributed by atoms with E-state index in [1.807, 2.05) is 0 Å². The number of alkyl halides is 6. The summed E-state index contributed by atoms with van der Waals surface area (Å²) in [6, 6.07) is 13.8. The van der Waals surface area contributed by atoms with Crippen molar-refractivity contribution in [3.63, 3.8) is 0 Å². The van der Waals surface area contributed by atoms with Crippen LogP contribution < -0.4 is 10.9 Å². The van der Waals surface area contributed by atoms with E-state index in [2.05, 4.69) is 4.90 Å². The van der Waals surface area contributed by atoms with E-state index in [0.717, 1.165) is 0 Å². The molecule has 1 amide bonds. The van der Waals surface area contributed by atoms with Crippen LogP contribution in [0.5, 0.6) is 0 Å². The van der Waals surface area contributed by atoms with Gasteiger partial charge in [-0.15, -0.1) is 0 Å². The Balaban J connectivity index is 2.20. The Morgan fingerprint density at radius 3 is 1.82 bits per heavy atom. The van der Waals surface area contributed by atoms with Crippen molar-refractivity contribution < 1.29 is 35.8 Å². The molecular weight excluding hydrogens is 388 g/mol. The van der Waals surface area contributed by atoms with Crippen molar-refractivity contribution >= 4 is 36.8 Å². The molecule has 0 bridgehead atoms. The first-order valence-electron chi connectivity index (χ1n) is 7.90. The third-order valence-corrected chi connectivity index (χ3v) is 3.88. The second-order valence-electron chi connectivity index (χ2n) is 5.81. The maximum atomic E-state index is 13.3. The van der Waals surface area contributed by atoms with Crippen molar-refractivity contribution in [3.8, 4) is 0 Å². The molecule has 4 nitrogen and oxygen atoms in total. The zero-order valence-electron chi connectivity index (χ0n) is 13.9. The topological polar surface area (TPSA) is 41.9 Å². The lowest BCUT2D eigenvalue weighted by Crippen LogP contribution is -2.69. The van der Waals surface area contributed by atoms with Gasteiger partial charge in [0.15, 0.2) is 0 Å². The van der Waals surface area contributed by atoms with Crippen molar-refractivity contribution in [2.24, 2.45) is 4.90 Å². The Morgan fingerprint density at radius 1 is 0.857 bits per heavy atom. The van der Waals surface area contributed by atoms with Crippen LogP contribution in [0.25, 0.3) is 0 Å². The maximum absolute atomic E-state index is 13.3. The van der Waals surface area contributed by atoms with Crippen LogP contribution in [0.3, 0.4) is 0 Å². The molecule has 0 fully saturated rings. The van der Waals surface area contributed by atoms with Gasteiger partial charge in [0, 0.05) is 0 Å². The predicted molar refractivity (Wildman–Crippen MR) is 91.1 cm³/mol. The first-order valence-corrected chi connectivity index (χ1v) is 7.90. The molecule has 2 aromatic rings. The van der Waals surface area contributed by atoms with E-state index in [1.54, 1.807) is 0 Å². The highest BCUT2D eigenvalue weighted by molar-refractivity contribution is 6.87. The minimum atomic E-state index is -5.34. The number of amides is 1. The number of nitrogens with zero attached hydrogens (tertiary/aromatic N) is 2. The van der Waals surface area contributed by atoms with Gasteiger partial charge in [-0.25, -0.2) is 0 Å². The van der Waals surface area contributed by atoms with Gasteiger partial charge in [-0.2, -0.15) is 26.3 Å². The van der Waals surface area contributed by atoms with Crippen LogP contribution in [0.1, 0.15) is 0 Å². The number of halogens is 6. The molecule has 144 valence electrons. The van der Waals surface area contributed by atoms with Crippen LogP contribution in [0.15, 0.2) is 65.6 Å². The average molecular weight is 398 g/mol. The van der Waals surface area contributed by atoms with E-state index >= 15 is 0 Å². The molecule has 0 unspecified atom stereocenters. The SMILES string of the molecule is O=C(N1B(c2ccccc2)N=C(C(F)(F)F)OB1c1ccccc1)C(F)(F)F. The van der Waals surface area contributed by atoms with E-state index in [0.29, 0.717) is 0 Å². The monoisotopic (exact) mass is 398 g/mol. The molecule has 1 aliphatic heterocycles. The Bertz CT molecular complexity index is 874. The van der Waals surface area contributed by atoms with Crippen LogP contribution in [0, 0.1) is 0 Å². The summed E-state index contributed by atoms with van der Waals surface area (Å²) >= 11 is 0. The van der Waals surface area contributed by atoms with Crippen molar-refractivity contribution in [1.29, 1.82) is 0 Å². The highest BCUT2D eigenvalue weighted by Crippen LogP contribution is 2.27. The molecule has 0 spiro atoms. The molecule has 2 aromatic carbocycles. The molecule has 0 radical (unpaired) electrons. The Kier molecular flexibility index (Phi) is 5.14. The highest BCUT2D eigenvalue weighted by atomic mass is 19.4. The molecule has 0 aromatic heterocycles. The van der Waals surface area contributed by atoms with Crippen molar-refractivity contribution in [2.45, 2.75) is 12.4 Å². The summed E-state index contributed by atoms with van der Waals surface area (Å²) < 4.78 is 84.5. The summed E-state index contributed by atoms with van der Waals surface area (Å²) in [6.07, 6.45) is -10.4. The summed E-state index contributed by atoms with van der Waals surface area (Å²) in [4.78, 5) is 15.4. The molecule has 28 heavy (non-hydrogen) atoms. The van der Waals surface area contributed by atoms with E-state index < -0.39 is 38.2 Å². The molecule has 3 rings (SSSR count). The van der Waals surface area contributed by atoms with Crippen LogP contribution in [-0.2, 0) is 9.45 Å². The molecule has 0 N–H and O–H groups in total. The van der Waals surface area contributed by atoms with Crippen molar-refractivity contribution in [1.82, 2.24) is 4.72 Å². The van der Waals surface area contributed by atoms with E-state index in [4.69, 9.17) is 4.65 Å². The number of rotatable bonds is 2. The second-order valence-corrected chi connectivity index (χ2v) is 5.81. The third kappa shape index (κ3) is 4.00. The quantitative estimate of drug-likeness (QED) is 0.575. The number of carbonyl (C=O) groups is 1. The molecule has 0 aliphatic carbocycles. The summed E-state index contributed by atoms with van der Waals surface area (Å²) in [5.41, 5.74) is -0.0798. The fourth-order valence-electron chi connectivity index (χ4n) is 2.71. The van der Waals surface area contributed by atoms with Gasteiger partial charge in [0.1, 0.15) is 0 Å². The Hall–Kier alpha value is -2.91. The van der Waals surface area contributed by atoms with E-state index in [9.17, 15) is 31.1 Å². The van der Waals surface area contributed by atoms with Crippen LogP contribution in [0.4, 0.5) is 26.3 Å². The zero-order valence-corrected chi connectivity index (χ0v) is 13.9. The summed E-state index contributed by atoms with van der Waals surface area (Å²) in [5, 5.41) is 0. The Labute approximate surface area is 156 Å². The predicted octanol–water partition coefficient (Wildman–Crippen LogP) is 2.16. The van der Waals surface area contributed by atoms with Crippen LogP contribution in [0.2, 0.25) is 0 Å². The highest BCUT2D eigenvalue weighted by Gasteiger charge is 2.57. The number of hydrogen-bond acceptors (Lipinski definition) is 3. The lowest BCUT2D eigenvalue weighted by atomic mass is 9.54.